The van der Waals surface area contributed by atoms with Crippen LogP contribution in [0.25, 0.3) is 0 Å². The lowest BCUT2D eigenvalue weighted by atomic mass is 9.97. The van der Waals surface area contributed by atoms with Gasteiger partial charge in [-0.2, -0.15) is 0 Å². The van der Waals surface area contributed by atoms with Gasteiger partial charge in [0.2, 0.25) is 0 Å². The lowest BCUT2D eigenvalue weighted by molar-refractivity contribution is 0.571. The molecule has 1 rings (SSSR count). The van der Waals surface area contributed by atoms with Gasteiger partial charge in [0.05, 0.1) is 5.56 Å². The molecule has 0 saturated carbocycles. The summed E-state index contributed by atoms with van der Waals surface area (Å²) < 4.78 is 0. The number of hydrogen-bond donors (Lipinski definition) is 1. The molecule has 0 unspecified atom stereocenters. The Labute approximate surface area is 78.0 Å². The smallest absolute Gasteiger partial charge is 0.197 e. The molecule has 0 bridgehead atoms. The van der Waals surface area contributed by atoms with Crippen molar-refractivity contribution in [2.45, 2.75) is 20.8 Å². The van der Waals surface area contributed by atoms with E-state index in [-0.39, 0.29) is 10.8 Å². The molecule has 2 nitrogen and oxygen atoms in total. The molecule has 0 aromatic carbocycles. The van der Waals surface area contributed by atoms with Gasteiger partial charge < -0.3 is 4.98 Å². The molecule has 13 heavy (non-hydrogen) atoms. The van der Waals surface area contributed by atoms with Crippen LogP contribution in [-0.2, 0) is 0 Å². The second-order valence-corrected chi connectivity index (χ2v) is 3.92. The molecule has 0 amide bonds. The summed E-state index contributed by atoms with van der Waals surface area (Å²) in [6.07, 6.45) is 3.23. The number of aromatic amines is 1. The highest BCUT2D eigenvalue weighted by molar-refractivity contribution is 5.32. The second-order valence-electron chi connectivity index (χ2n) is 3.92. The van der Waals surface area contributed by atoms with Gasteiger partial charge in [-0.1, -0.05) is 11.8 Å². The predicted octanol–water partition coefficient (Wildman–Crippen LogP) is 1.77. The number of aromatic nitrogens is 1. The predicted molar refractivity (Wildman–Crippen MR) is 53.4 cm³/mol. The van der Waals surface area contributed by atoms with E-state index in [0.717, 1.165) is 0 Å². The molecule has 2 heteroatoms. The average Bonchev–Trinajstić information content (AvgIpc) is 2.01. The number of nitrogens with one attached hydrogen (secondary N) is 1. The zero-order chi connectivity index (χ0) is 9.90. The minimum absolute atomic E-state index is 0.0319. The van der Waals surface area contributed by atoms with E-state index < -0.39 is 0 Å². The Kier molecular flexibility index (Phi) is 2.57. The van der Waals surface area contributed by atoms with Crippen LogP contribution in [0.15, 0.2) is 23.3 Å². The highest BCUT2D eigenvalue weighted by Gasteiger charge is 2.03. The molecule has 1 heterocycles. The van der Waals surface area contributed by atoms with Crippen molar-refractivity contribution in [2.75, 3.05) is 0 Å². The second kappa shape index (κ2) is 3.49. The standard InChI is InChI=1S/C11H13NO/c1-11(2,3)6-4-9-8-12-7-5-10(9)13/h5,7-8H,1-3H3,(H,12,13). The normalized spacial score (nSPS) is 10.4. The largest absolute Gasteiger partial charge is 0.366 e. The molecular formula is C11H13NO. The Morgan fingerprint density at radius 2 is 2.08 bits per heavy atom. The summed E-state index contributed by atoms with van der Waals surface area (Å²) in [5, 5.41) is 0. The van der Waals surface area contributed by atoms with E-state index in [9.17, 15) is 4.79 Å². The monoisotopic (exact) mass is 175 g/mol. The van der Waals surface area contributed by atoms with Gasteiger partial charge in [0, 0.05) is 23.9 Å². The van der Waals surface area contributed by atoms with Crippen molar-refractivity contribution in [3.05, 3.63) is 34.2 Å². The summed E-state index contributed by atoms with van der Waals surface area (Å²) in [5.74, 6) is 5.87. The quantitative estimate of drug-likeness (QED) is 0.599. The molecule has 0 aliphatic carbocycles. The first-order valence-corrected chi connectivity index (χ1v) is 4.19. The molecule has 0 atom stereocenters. The van der Waals surface area contributed by atoms with Crippen molar-refractivity contribution in [3.63, 3.8) is 0 Å². The van der Waals surface area contributed by atoms with Crippen LogP contribution in [0.3, 0.4) is 0 Å². The van der Waals surface area contributed by atoms with Gasteiger partial charge in [0.1, 0.15) is 0 Å². The molecule has 1 aromatic heterocycles. The maximum Gasteiger partial charge on any atom is 0.197 e. The lowest BCUT2D eigenvalue weighted by Gasteiger charge is -2.06. The zero-order valence-corrected chi connectivity index (χ0v) is 8.14. The summed E-state index contributed by atoms with van der Waals surface area (Å²) in [6.45, 7) is 6.03. The molecule has 1 N–H and O–H groups in total. The Morgan fingerprint density at radius 3 is 2.62 bits per heavy atom. The van der Waals surface area contributed by atoms with Crippen molar-refractivity contribution >= 4 is 0 Å². The number of H-pyrrole nitrogens is 1. The Bertz CT molecular complexity index is 398. The van der Waals surface area contributed by atoms with E-state index in [4.69, 9.17) is 0 Å². The molecule has 0 aliphatic heterocycles. The molecule has 0 aliphatic rings. The number of pyridine rings is 1. The van der Waals surface area contributed by atoms with Crippen LogP contribution >= 0.6 is 0 Å². The van der Waals surface area contributed by atoms with Crippen molar-refractivity contribution in [3.8, 4) is 11.8 Å². The first-order valence-electron chi connectivity index (χ1n) is 4.19. The third kappa shape index (κ3) is 3.16. The highest BCUT2D eigenvalue weighted by Crippen LogP contribution is 2.09. The summed E-state index contributed by atoms with van der Waals surface area (Å²) in [4.78, 5) is 14.0. The number of rotatable bonds is 0. The molecule has 1 aromatic rings. The lowest BCUT2D eigenvalue weighted by Crippen LogP contribution is -2.05. The SMILES string of the molecule is CC(C)(C)C#Cc1c[nH]ccc1=O. The Morgan fingerprint density at radius 1 is 1.38 bits per heavy atom. The molecule has 0 saturated heterocycles. The number of hydrogen-bond acceptors (Lipinski definition) is 1. The summed E-state index contributed by atoms with van der Waals surface area (Å²) in [5.41, 5.74) is 0.426. The first-order chi connectivity index (χ1) is 5.99. The van der Waals surface area contributed by atoms with Crippen molar-refractivity contribution in [2.24, 2.45) is 5.41 Å². The summed E-state index contributed by atoms with van der Waals surface area (Å²) >= 11 is 0. The zero-order valence-electron chi connectivity index (χ0n) is 8.14. The van der Waals surface area contributed by atoms with Gasteiger partial charge in [0.15, 0.2) is 5.43 Å². The fourth-order valence-electron chi connectivity index (χ4n) is 0.769. The van der Waals surface area contributed by atoms with E-state index in [1.807, 2.05) is 20.8 Å². The van der Waals surface area contributed by atoms with Crippen LogP contribution in [0, 0.1) is 17.3 Å². The highest BCUT2D eigenvalue weighted by atomic mass is 16.1. The van der Waals surface area contributed by atoms with Gasteiger partial charge >= 0.3 is 0 Å². The van der Waals surface area contributed by atoms with Gasteiger partial charge in [-0.25, -0.2) is 0 Å². The average molecular weight is 175 g/mol. The van der Waals surface area contributed by atoms with Gasteiger partial charge in [-0.3, -0.25) is 4.79 Å². The van der Waals surface area contributed by atoms with Crippen LogP contribution in [-0.4, -0.2) is 4.98 Å². The van der Waals surface area contributed by atoms with Crippen molar-refractivity contribution < 1.29 is 0 Å². The molecule has 0 radical (unpaired) electrons. The third-order valence-corrected chi connectivity index (χ3v) is 1.40. The summed E-state index contributed by atoms with van der Waals surface area (Å²) in [7, 11) is 0. The van der Waals surface area contributed by atoms with E-state index in [1.54, 1.807) is 12.4 Å². The van der Waals surface area contributed by atoms with E-state index in [2.05, 4.69) is 16.8 Å². The van der Waals surface area contributed by atoms with Crippen molar-refractivity contribution in [1.82, 2.24) is 4.98 Å². The fraction of sp³-hybridized carbons (Fsp3) is 0.364. The molecular weight excluding hydrogens is 162 g/mol. The minimum atomic E-state index is -0.0672. The van der Waals surface area contributed by atoms with Gasteiger partial charge in [-0.05, 0) is 20.8 Å². The Balaban J connectivity index is 3.04. The van der Waals surface area contributed by atoms with Crippen LogP contribution in [0.1, 0.15) is 26.3 Å². The van der Waals surface area contributed by atoms with E-state index >= 15 is 0 Å². The molecule has 0 fully saturated rings. The molecule has 68 valence electrons. The van der Waals surface area contributed by atoms with E-state index in [0.29, 0.717) is 5.56 Å². The third-order valence-electron chi connectivity index (χ3n) is 1.40. The summed E-state index contributed by atoms with van der Waals surface area (Å²) in [6, 6.07) is 1.48. The minimum Gasteiger partial charge on any atom is -0.366 e. The topological polar surface area (TPSA) is 32.9 Å². The molecule has 0 spiro atoms. The van der Waals surface area contributed by atoms with Crippen LogP contribution in [0.4, 0.5) is 0 Å². The first kappa shape index (κ1) is 9.60. The van der Waals surface area contributed by atoms with Crippen LogP contribution in [0.2, 0.25) is 0 Å². The van der Waals surface area contributed by atoms with Crippen LogP contribution < -0.4 is 5.43 Å². The van der Waals surface area contributed by atoms with Gasteiger partial charge in [0.25, 0.3) is 0 Å². The van der Waals surface area contributed by atoms with Crippen LogP contribution in [0.5, 0.6) is 0 Å². The van der Waals surface area contributed by atoms with E-state index in [1.165, 1.54) is 6.07 Å². The fourth-order valence-corrected chi connectivity index (χ4v) is 0.769. The maximum absolute atomic E-state index is 11.2. The van der Waals surface area contributed by atoms with Gasteiger partial charge in [-0.15, -0.1) is 0 Å². The maximum atomic E-state index is 11.2. The Hall–Kier alpha value is -1.49. The van der Waals surface area contributed by atoms with Crippen molar-refractivity contribution in [1.29, 1.82) is 0 Å².